The van der Waals surface area contributed by atoms with Crippen molar-refractivity contribution >= 4 is 12.1 Å². The zero-order valence-corrected chi connectivity index (χ0v) is 15.2. The lowest BCUT2D eigenvalue weighted by molar-refractivity contribution is -0.147. The number of rotatable bonds is 10. The molecule has 0 aromatic heterocycles. The van der Waals surface area contributed by atoms with Crippen LogP contribution in [0.1, 0.15) is 30.4 Å². The lowest BCUT2D eigenvalue weighted by Crippen LogP contribution is -2.42. The van der Waals surface area contributed by atoms with Crippen LogP contribution in [0.25, 0.3) is 0 Å². The number of aliphatic hydroxyl groups is 1. The molecule has 0 aliphatic heterocycles. The van der Waals surface area contributed by atoms with E-state index >= 15 is 0 Å². The van der Waals surface area contributed by atoms with Crippen LogP contribution in [0, 0.1) is 0 Å². The maximum atomic E-state index is 12.4. The minimum absolute atomic E-state index is 0.0320. The van der Waals surface area contributed by atoms with Crippen LogP contribution < -0.4 is 5.32 Å². The van der Waals surface area contributed by atoms with Gasteiger partial charge in [-0.1, -0.05) is 60.7 Å². The highest BCUT2D eigenvalue weighted by Crippen LogP contribution is 2.08. The fourth-order valence-electron chi connectivity index (χ4n) is 2.45. The number of aliphatic hydroxyl groups excluding tert-OH is 1. The summed E-state index contributed by atoms with van der Waals surface area (Å²) in [7, 11) is 0. The van der Waals surface area contributed by atoms with E-state index in [0.29, 0.717) is 19.3 Å². The first-order valence-corrected chi connectivity index (χ1v) is 8.97. The highest BCUT2D eigenvalue weighted by molar-refractivity contribution is 5.81. The van der Waals surface area contributed by atoms with Gasteiger partial charge in [-0.25, -0.2) is 9.59 Å². The Balaban J connectivity index is 1.85. The SMILES string of the molecule is O=C(N[C@@H](CCCCO)C(=O)OCc1ccccc1)OCc1ccccc1. The number of benzene rings is 2. The molecule has 6 heteroatoms. The number of unbranched alkanes of at least 4 members (excludes halogenated alkanes) is 1. The van der Waals surface area contributed by atoms with E-state index in [0.717, 1.165) is 11.1 Å². The van der Waals surface area contributed by atoms with E-state index in [4.69, 9.17) is 14.6 Å². The van der Waals surface area contributed by atoms with Crippen LogP contribution in [0.4, 0.5) is 4.79 Å². The number of carbonyl (C=O) groups is 2. The second-order valence-corrected chi connectivity index (χ2v) is 6.07. The fourth-order valence-corrected chi connectivity index (χ4v) is 2.45. The Morgan fingerprint density at radius 2 is 1.41 bits per heavy atom. The van der Waals surface area contributed by atoms with Crippen molar-refractivity contribution in [3.8, 4) is 0 Å². The molecule has 27 heavy (non-hydrogen) atoms. The Morgan fingerprint density at radius 1 is 0.852 bits per heavy atom. The van der Waals surface area contributed by atoms with Crippen molar-refractivity contribution in [3.05, 3.63) is 71.8 Å². The van der Waals surface area contributed by atoms with Gasteiger partial charge < -0.3 is 19.9 Å². The second-order valence-electron chi connectivity index (χ2n) is 6.07. The largest absolute Gasteiger partial charge is 0.459 e. The lowest BCUT2D eigenvalue weighted by atomic mass is 10.1. The first-order valence-electron chi connectivity index (χ1n) is 8.97. The predicted octanol–water partition coefficient (Wildman–Crippen LogP) is 3.19. The van der Waals surface area contributed by atoms with Crippen LogP contribution in [0.3, 0.4) is 0 Å². The summed E-state index contributed by atoms with van der Waals surface area (Å²) in [6, 6.07) is 17.8. The molecule has 1 atom stereocenters. The molecular weight excluding hydrogens is 346 g/mol. The molecule has 0 fully saturated rings. The minimum atomic E-state index is -0.816. The summed E-state index contributed by atoms with van der Waals surface area (Å²) in [4.78, 5) is 24.4. The maximum absolute atomic E-state index is 12.4. The number of carbonyl (C=O) groups excluding carboxylic acids is 2. The van der Waals surface area contributed by atoms with Crippen LogP contribution in [0.5, 0.6) is 0 Å². The summed E-state index contributed by atoms with van der Waals surface area (Å²) in [5.74, 6) is -0.520. The smallest absolute Gasteiger partial charge is 0.408 e. The van der Waals surface area contributed by atoms with Crippen molar-refractivity contribution in [2.75, 3.05) is 6.61 Å². The minimum Gasteiger partial charge on any atom is -0.459 e. The molecule has 2 rings (SSSR count). The van der Waals surface area contributed by atoms with Gasteiger partial charge in [-0.3, -0.25) is 0 Å². The summed E-state index contributed by atoms with van der Waals surface area (Å²) in [5.41, 5.74) is 1.72. The molecule has 0 unspecified atom stereocenters. The third kappa shape index (κ3) is 7.92. The van der Waals surface area contributed by atoms with Gasteiger partial charge in [0.2, 0.25) is 0 Å². The molecule has 2 aromatic carbocycles. The highest BCUT2D eigenvalue weighted by Gasteiger charge is 2.22. The van der Waals surface area contributed by atoms with Crippen molar-refractivity contribution in [2.45, 2.75) is 38.5 Å². The molecule has 1 amide bonds. The molecule has 6 nitrogen and oxygen atoms in total. The third-order valence-electron chi connectivity index (χ3n) is 3.91. The van der Waals surface area contributed by atoms with E-state index in [-0.39, 0.29) is 19.8 Å². The number of amides is 1. The quantitative estimate of drug-likeness (QED) is 0.495. The predicted molar refractivity (Wildman–Crippen MR) is 101 cm³/mol. The van der Waals surface area contributed by atoms with E-state index in [1.807, 2.05) is 60.7 Å². The average Bonchev–Trinajstić information content (AvgIpc) is 2.71. The van der Waals surface area contributed by atoms with Crippen molar-refractivity contribution in [1.82, 2.24) is 5.32 Å². The average molecular weight is 371 g/mol. The molecule has 0 radical (unpaired) electrons. The van der Waals surface area contributed by atoms with Gasteiger partial charge in [-0.05, 0) is 30.4 Å². The van der Waals surface area contributed by atoms with Gasteiger partial charge in [0.05, 0.1) is 0 Å². The van der Waals surface area contributed by atoms with Crippen molar-refractivity contribution < 1.29 is 24.2 Å². The number of hydrogen-bond donors (Lipinski definition) is 2. The van der Waals surface area contributed by atoms with Crippen LogP contribution in [-0.2, 0) is 27.5 Å². The van der Waals surface area contributed by atoms with Crippen LogP contribution >= 0.6 is 0 Å². The summed E-state index contributed by atoms with van der Waals surface area (Å²) in [6.45, 7) is 0.288. The topological polar surface area (TPSA) is 84.9 Å². The van der Waals surface area contributed by atoms with Gasteiger partial charge in [0, 0.05) is 6.61 Å². The van der Waals surface area contributed by atoms with Gasteiger partial charge in [0.15, 0.2) is 0 Å². The summed E-state index contributed by atoms with van der Waals surface area (Å²) < 4.78 is 10.5. The van der Waals surface area contributed by atoms with E-state index in [2.05, 4.69) is 5.32 Å². The number of alkyl carbamates (subject to hydrolysis) is 1. The van der Waals surface area contributed by atoms with E-state index < -0.39 is 18.1 Å². The highest BCUT2D eigenvalue weighted by atomic mass is 16.6. The summed E-state index contributed by atoms with van der Waals surface area (Å²) in [6.07, 6.45) is 0.822. The fraction of sp³-hybridized carbons (Fsp3) is 0.333. The monoisotopic (exact) mass is 371 g/mol. The molecule has 2 aromatic rings. The molecule has 0 spiro atoms. The molecule has 0 aliphatic rings. The maximum Gasteiger partial charge on any atom is 0.408 e. The number of nitrogens with one attached hydrogen (secondary N) is 1. The number of ether oxygens (including phenoxy) is 2. The Labute approximate surface area is 159 Å². The molecule has 144 valence electrons. The van der Waals surface area contributed by atoms with Crippen LogP contribution in [0.15, 0.2) is 60.7 Å². The van der Waals surface area contributed by atoms with Crippen molar-refractivity contribution in [1.29, 1.82) is 0 Å². The van der Waals surface area contributed by atoms with Crippen LogP contribution in [-0.4, -0.2) is 29.8 Å². The molecule has 0 bridgehead atoms. The Morgan fingerprint density at radius 3 is 1.96 bits per heavy atom. The van der Waals surface area contributed by atoms with Gasteiger partial charge in [0.1, 0.15) is 19.3 Å². The number of hydrogen-bond acceptors (Lipinski definition) is 5. The van der Waals surface area contributed by atoms with E-state index in [9.17, 15) is 9.59 Å². The standard InChI is InChI=1S/C21H25NO5/c23-14-8-7-13-19(20(24)26-15-17-9-3-1-4-10-17)22-21(25)27-16-18-11-5-2-6-12-18/h1-6,9-12,19,23H,7-8,13-16H2,(H,22,25)/t19-/m0/s1. The van der Waals surface area contributed by atoms with Crippen molar-refractivity contribution in [3.63, 3.8) is 0 Å². The third-order valence-corrected chi connectivity index (χ3v) is 3.91. The molecule has 2 N–H and O–H groups in total. The Hall–Kier alpha value is -2.86. The van der Waals surface area contributed by atoms with Gasteiger partial charge >= 0.3 is 12.1 Å². The van der Waals surface area contributed by atoms with Gasteiger partial charge in [-0.2, -0.15) is 0 Å². The Bertz CT molecular complexity index is 690. The summed E-state index contributed by atoms with van der Waals surface area (Å²) in [5, 5.41) is 11.5. The molecular formula is C21H25NO5. The molecule has 0 heterocycles. The first kappa shape index (κ1) is 20.5. The first-order chi connectivity index (χ1) is 13.2. The second kappa shape index (κ2) is 11.7. The zero-order chi connectivity index (χ0) is 19.3. The summed E-state index contributed by atoms with van der Waals surface area (Å²) >= 11 is 0. The molecule has 0 saturated carbocycles. The zero-order valence-electron chi connectivity index (χ0n) is 15.2. The molecule has 0 aliphatic carbocycles. The Kier molecular flexibility index (Phi) is 8.86. The van der Waals surface area contributed by atoms with Gasteiger partial charge in [0.25, 0.3) is 0 Å². The van der Waals surface area contributed by atoms with Crippen LogP contribution in [0.2, 0.25) is 0 Å². The van der Waals surface area contributed by atoms with Gasteiger partial charge in [-0.15, -0.1) is 0 Å². The lowest BCUT2D eigenvalue weighted by Gasteiger charge is -2.17. The number of esters is 1. The normalized spacial score (nSPS) is 11.4. The van der Waals surface area contributed by atoms with E-state index in [1.54, 1.807) is 0 Å². The molecule has 0 saturated heterocycles. The van der Waals surface area contributed by atoms with Crippen molar-refractivity contribution in [2.24, 2.45) is 0 Å². The van der Waals surface area contributed by atoms with E-state index in [1.165, 1.54) is 0 Å².